The molecule has 26 heavy (non-hydrogen) atoms. The van der Waals surface area contributed by atoms with E-state index < -0.39 is 0 Å². The van der Waals surface area contributed by atoms with Crippen LogP contribution in [-0.4, -0.2) is 99.1 Å². The molecule has 0 aromatic rings. The smallest absolute Gasteiger partial charge is 0.243 e. The summed E-state index contributed by atoms with van der Waals surface area (Å²) in [5.74, 6) is 0.972. The number of nitrogens with zero attached hydrogens (tertiary/aromatic N) is 4. The maximum Gasteiger partial charge on any atom is 0.243 e. The first-order chi connectivity index (χ1) is 12.5. The van der Waals surface area contributed by atoms with E-state index in [2.05, 4.69) is 21.8 Å². The number of likely N-dealkylation sites (tertiary alicyclic amines) is 1. The molecule has 1 N–H and O–H groups in total. The van der Waals surface area contributed by atoms with E-state index in [4.69, 9.17) is 4.74 Å². The number of rotatable bonds is 5. The summed E-state index contributed by atoms with van der Waals surface area (Å²) in [6, 6.07) is 0. The monoisotopic (exact) mass is 365 g/mol. The van der Waals surface area contributed by atoms with Gasteiger partial charge >= 0.3 is 0 Å². The topological polar surface area (TPSA) is 77.5 Å². The van der Waals surface area contributed by atoms with Crippen LogP contribution in [0.1, 0.15) is 12.8 Å². The maximum absolute atomic E-state index is 12.6. The van der Waals surface area contributed by atoms with E-state index in [1.807, 2.05) is 4.90 Å². The molecule has 2 saturated heterocycles. The molecule has 2 amide bonds. The van der Waals surface area contributed by atoms with Crippen LogP contribution in [0.5, 0.6) is 0 Å². The van der Waals surface area contributed by atoms with Crippen molar-refractivity contribution in [1.82, 2.24) is 20.0 Å². The molecule has 0 aliphatic carbocycles. The lowest BCUT2D eigenvalue weighted by Gasteiger charge is -2.36. The van der Waals surface area contributed by atoms with E-state index in [0.29, 0.717) is 38.8 Å². The predicted molar refractivity (Wildman–Crippen MR) is 101 cm³/mol. The van der Waals surface area contributed by atoms with Gasteiger partial charge in [0.15, 0.2) is 5.96 Å². The van der Waals surface area contributed by atoms with Crippen molar-refractivity contribution >= 4 is 17.8 Å². The van der Waals surface area contributed by atoms with Gasteiger partial charge in [-0.25, -0.2) is 4.99 Å². The van der Waals surface area contributed by atoms with Gasteiger partial charge in [0.2, 0.25) is 11.8 Å². The average Bonchev–Trinajstić information content (AvgIpc) is 2.68. The second-order valence-electron chi connectivity index (χ2n) is 6.80. The molecule has 0 unspecified atom stereocenters. The number of morpholine rings is 1. The van der Waals surface area contributed by atoms with Crippen molar-refractivity contribution in [2.75, 3.05) is 66.6 Å². The highest BCUT2D eigenvalue weighted by molar-refractivity contribution is 5.85. The number of nitrogens with one attached hydrogen (secondary N) is 1. The van der Waals surface area contributed by atoms with Crippen molar-refractivity contribution in [2.45, 2.75) is 12.8 Å². The number of carbonyl (C=O) groups excluding carboxylic acids is 2. The van der Waals surface area contributed by atoms with E-state index in [9.17, 15) is 9.59 Å². The number of hydrogen-bond acceptors (Lipinski definition) is 4. The van der Waals surface area contributed by atoms with Crippen LogP contribution in [0.15, 0.2) is 17.6 Å². The van der Waals surface area contributed by atoms with Crippen molar-refractivity contribution < 1.29 is 14.3 Å². The molecule has 0 atom stereocenters. The molecule has 0 bridgehead atoms. The fourth-order valence-electron chi connectivity index (χ4n) is 3.10. The standard InChI is InChI=1S/C18H31N5O3/c1-4-7-19-18(20-14-16(24)21(2)3)23-8-5-15(6-9-23)17(25)22-10-12-26-13-11-22/h4,15H,1,5-14H2,2-3H3,(H,19,20). The molecule has 2 heterocycles. The Morgan fingerprint density at radius 2 is 1.85 bits per heavy atom. The van der Waals surface area contributed by atoms with Crippen LogP contribution in [0.4, 0.5) is 0 Å². The van der Waals surface area contributed by atoms with Crippen molar-refractivity contribution in [3.63, 3.8) is 0 Å². The lowest BCUT2D eigenvalue weighted by atomic mass is 9.95. The highest BCUT2D eigenvalue weighted by Gasteiger charge is 2.30. The first kappa shape index (κ1) is 20.2. The number of piperidine rings is 1. The Morgan fingerprint density at radius 1 is 1.19 bits per heavy atom. The quantitative estimate of drug-likeness (QED) is 0.414. The number of carbonyl (C=O) groups is 2. The van der Waals surface area contributed by atoms with Gasteiger partial charge in [0.1, 0.15) is 6.54 Å². The molecule has 0 radical (unpaired) electrons. The number of hydrogen-bond donors (Lipinski definition) is 1. The lowest BCUT2D eigenvalue weighted by Crippen LogP contribution is -2.50. The highest BCUT2D eigenvalue weighted by atomic mass is 16.5. The number of aliphatic imine (C=N–C) groups is 1. The molecule has 8 nitrogen and oxygen atoms in total. The van der Waals surface area contributed by atoms with Gasteiger partial charge in [-0.05, 0) is 12.8 Å². The Bertz CT molecular complexity index is 521. The van der Waals surface area contributed by atoms with E-state index in [1.54, 1.807) is 20.2 Å². The van der Waals surface area contributed by atoms with Crippen LogP contribution in [-0.2, 0) is 14.3 Å². The molecule has 2 rings (SSSR count). The normalized spacial score (nSPS) is 19.2. The molecule has 2 fully saturated rings. The molecule has 8 heteroatoms. The van der Waals surface area contributed by atoms with Gasteiger partial charge < -0.3 is 24.8 Å². The van der Waals surface area contributed by atoms with E-state index >= 15 is 0 Å². The van der Waals surface area contributed by atoms with E-state index in [1.165, 1.54) is 4.90 Å². The molecule has 0 aromatic heterocycles. The lowest BCUT2D eigenvalue weighted by molar-refractivity contribution is -0.140. The molecule has 0 saturated carbocycles. The van der Waals surface area contributed by atoms with Crippen LogP contribution >= 0.6 is 0 Å². The Hall–Kier alpha value is -2.09. The zero-order chi connectivity index (χ0) is 18.9. The number of amides is 2. The van der Waals surface area contributed by atoms with E-state index in [-0.39, 0.29) is 24.3 Å². The van der Waals surface area contributed by atoms with E-state index in [0.717, 1.165) is 25.9 Å². The number of likely N-dealkylation sites (N-methyl/N-ethyl adjacent to an activating group) is 1. The molecule has 2 aliphatic rings. The van der Waals surface area contributed by atoms with Gasteiger partial charge in [-0.2, -0.15) is 0 Å². The molecular weight excluding hydrogens is 334 g/mol. The summed E-state index contributed by atoms with van der Waals surface area (Å²) in [6.07, 6.45) is 3.36. The molecular formula is C18H31N5O3. The second-order valence-corrected chi connectivity index (χ2v) is 6.80. The van der Waals surface area contributed by atoms with Crippen LogP contribution in [0.2, 0.25) is 0 Å². The summed E-state index contributed by atoms with van der Waals surface area (Å²) in [5.41, 5.74) is 0. The minimum Gasteiger partial charge on any atom is -0.378 e. The van der Waals surface area contributed by atoms with Gasteiger partial charge in [-0.15, -0.1) is 6.58 Å². The summed E-state index contributed by atoms with van der Waals surface area (Å²) in [7, 11) is 3.44. The van der Waals surface area contributed by atoms with Crippen LogP contribution in [0.3, 0.4) is 0 Å². The summed E-state index contributed by atoms with van der Waals surface area (Å²) < 4.78 is 5.32. The Balaban J connectivity index is 1.90. The van der Waals surface area contributed by atoms with Crippen molar-refractivity contribution in [3.05, 3.63) is 12.7 Å². The Morgan fingerprint density at radius 3 is 2.42 bits per heavy atom. The second kappa shape index (κ2) is 10.2. The van der Waals surface area contributed by atoms with Gasteiger partial charge in [-0.3, -0.25) is 9.59 Å². The van der Waals surface area contributed by atoms with Gasteiger partial charge in [0, 0.05) is 52.7 Å². The third kappa shape index (κ3) is 5.72. The van der Waals surface area contributed by atoms with Gasteiger partial charge in [0.25, 0.3) is 0 Å². The Labute approximate surface area is 155 Å². The first-order valence-corrected chi connectivity index (χ1v) is 9.23. The van der Waals surface area contributed by atoms with Crippen LogP contribution in [0.25, 0.3) is 0 Å². The van der Waals surface area contributed by atoms with Crippen molar-refractivity contribution in [1.29, 1.82) is 0 Å². The summed E-state index contributed by atoms with van der Waals surface area (Å²) >= 11 is 0. The minimum atomic E-state index is -0.0414. The van der Waals surface area contributed by atoms with Crippen LogP contribution in [0, 0.1) is 5.92 Å². The third-order valence-corrected chi connectivity index (χ3v) is 4.73. The number of guanidine groups is 1. The molecule has 146 valence electrons. The van der Waals surface area contributed by atoms with Gasteiger partial charge in [0.05, 0.1) is 13.2 Å². The van der Waals surface area contributed by atoms with Crippen LogP contribution < -0.4 is 5.32 Å². The zero-order valence-corrected chi connectivity index (χ0v) is 15.9. The molecule has 0 aromatic carbocycles. The predicted octanol–water partition coefficient (Wildman–Crippen LogP) is -0.223. The fourth-order valence-corrected chi connectivity index (χ4v) is 3.10. The highest BCUT2D eigenvalue weighted by Crippen LogP contribution is 2.20. The number of ether oxygens (including phenoxy) is 1. The summed E-state index contributed by atoms with van der Waals surface area (Å²) in [5, 5.41) is 3.22. The average molecular weight is 365 g/mol. The largest absolute Gasteiger partial charge is 0.378 e. The summed E-state index contributed by atoms with van der Waals surface area (Å²) in [6.45, 7) is 8.56. The molecule has 2 aliphatic heterocycles. The maximum atomic E-state index is 12.6. The van der Waals surface area contributed by atoms with Gasteiger partial charge in [-0.1, -0.05) is 6.08 Å². The fraction of sp³-hybridized carbons (Fsp3) is 0.722. The summed E-state index contributed by atoms with van der Waals surface area (Å²) in [4.78, 5) is 34.5. The van der Waals surface area contributed by atoms with Crippen molar-refractivity contribution in [2.24, 2.45) is 10.9 Å². The zero-order valence-electron chi connectivity index (χ0n) is 15.9. The SMILES string of the molecule is C=CCNC(=NCC(=O)N(C)C)N1CCC(C(=O)N2CCOCC2)CC1. The Kier molecular flexibility index (Phi) is 7.90. The minimum absolute atomic E-state index is 0.0414. The van der Waals surface area contributed by atoms with Crippen molar-refractivity contribution in [3.8, 4) is 0 Å². The third-order valence-electron chi connectivity index (χ3n) is 4.73. The first-order valence-electron chi connectivity index (χ1n) is 9.23. The molecule has 0 spiro atoms.